The summed E-state index contributed by atoms with van der Waals surface area (Å²) in [7, 11) is 0. The summed E-state index contributed by atoms with van der Waals surface area (Å²) in [5, 5.41) is 20.0. The third-order valence-corrected chi connectivity index (χ3v) is 4.00. The fraction of sp³-hybridized carbons (Fsp3) is 0.467. The van der Waals surface area contributed by atoms with Crippen molar-refractivity contribution in [2.75, 3.05) is 0 Å². The molecule has 0 radical (unpaired) electrons. The minimum atomic E-state index is -0.247. The summed E-state index contributed by atoms with van der Waals surface area (Å²) < 4.78 is 1.49. The van der Waals surface area contributed by atoms with Crippen molar-refractivity contribution in [3.8, 4) is 0 Å². The number of nitrogens with zero attached hydrogens (tertiary/aromatic N) is 4. The lowest BCUT2D eigenvalue weighted by molar-refractivity contribution is -0.123. The zero-order chi connectivity index (χ0) is 15.4. The van der Waals surface area contributed by atoms with E-state index in [4.69, 9.17) is 0 Å². The minimum absolute atomic E-state index is 0.0191. The summed E-state index contributed by atoms with van der Waals surface area (Å²) in [6.07, 6.45) is 6.81. The maximum atomic E-state index is 12.2. The molecule has 1 fully saturated rings. The second-order valence-electron chi connectivity index (χ2n) is 5.69. The van der Waals surface area contributed by atoms with E-state index >= 15 is 0 Å². The van der Waals surface area contributed by atoms with Crippen molar-refractivity contribution < 1.29 is 9.90 Å². The lowest BCUT2D eigenvalue weighted by atomic mass is 9.76. The predicted molar refractivity (Wildman–Crippen MR) is 78.6 cm³/mol. The number of hydrogen-bond donors (Lipinski definition) is 2. The van der Waals surface area contributed by atoms with Gasteiger partial charge < -0.3 is 10.4 Å². The van der Waals surface area contributed by atoms with Gasteiger partial charge in [-0.05, 0) is 30.9 Å². The van der Waals surface area contributed by atoms with Crippen LogP contribution >= 0.6 is 0 Å². The first-order chi connectivity index (χ1) is 10.7. The number of pyridine rings is 1. The minimum Gasteiger partial charge on any atom is -0.393 e. The van der Waals surface area contributed by atoms with Gasteiger partial charge in [-0.3, -0.25) is 9.78 Å². The molecule has 1 saturated carbocycles. The summed E-state index contributed by atoms with van der Waals surface area (Å²) in [6.45, 7) is 0.147. The number of nitrogens with one attached hydrogen (secondary N) is 1. The van der Waals surface area contributed by atoms with Crippen molar-refractivity contribution in [1.82, 2.24) is 25.3 Å². The lowest BCUT2D eigenvalue weighted by Crippen LogP contribution is -2.49. The molecule has 1 aliphatic carbocycles. The van der Waals surface area contributed by atoms with Crippen LogP contribution in [0.25, 0.3) is 0 Å². The fourth-order valence-electron chi connectivity index (χ4n) is 2.75. The number of carbonyl (C=O) groups excluding carboxylic acids is 1. The largest absolute Gasteiger partial charge is 0.393 e. The normalized spacial score (nSPS) is 21.9. The second kappa shape index (κ2) is 6.65. The molecule has 0 bridgehead atoms. The highest BCUT2D eigenvalue weighted by atomic mass is 16.3. The van der Waals surface area contributed by atoms with Crippen LogP contribution < -0.4 is 5.32 Å². The number of rotatable bonds is 6. The highest BCUT2D eigenvalue weighted by molar-refractivity contribution is 5.76. The molecule has 1 aliphatic rings. The van der Waals surface area contributed by atoms with Gasteiger partial charge in [-0.1, -0.05) is 11.3 Å². The van der Waals surface area contributed by atoms with Crippen molar-refractivity contribution in [3.63, 3.8) is 0 Å². The number of amides is 1. The van der Waals surface area contributed by atoms with Gasteiger partial charge in [0.25, 0.3) is 0 Å². The van der Waals surface area contributed by atoms with Crippen LogP contribution in [0.1, 0.15) is 18.5 Å². The van der Waals surface area contributed by atoms with E-state index in [0.29, 0.717) is 6.42 Å². The van der Waals surface area contributed by atoms with Gasteiger partial charge in [-0.15, -0.1) is 5.10 Å². The van der Waals surface area contributed by atoms with Crippen LogP contribution in [0.15, 0.2) is 36.8 Å². The number of carbonyl (C=O) groups is 1. The molecule has 0 unspecified atom stereocenters. The van der Waals surface area contributed by atoms with Gasteiger partial charge in [0.15, 0.2) is 0 Å². The van der Waals surface area contributed by atoms with E-state index < -0.39 is 0 Å². The molecule has 2 aromatic rings. The number of hydrogen-bond acceptors (Lipinski definition) is 5. The van der Waals surface area contributed by atoms with Gasteiger partial charge in [0.1, 0.15) is 6.54 Å². The quantitative estimate of drug-likeness (QED) is 0.793. The maximum Gasteiger partial charge on any atom is 0.242 e. The van der Waals surface area contributed by atoms with E-state index in [2.05, 4.69) is 20.6 Å². The molecule has 2 N–H and O–H groups in total. The van der Waals surface area contributed by atoms with Crippen LogP contribution in [0.3, 0.4) is 0 Å². The second-order valence-corrected chi connectivity index (χ2v) is 5.69. The molecule has 116 valence electrons. The molecule has 0 spiro atoms. The third kappa shape index (κ3) is 3.67. The molecule has 1 amide bonds. The van der Waals surface area contributed by atoms with Crippen molar-refractivity contribution in [2.45, 2.75) is 38.0 Å². The van der Waals surface area contributed by atoms with Gasteiger partial charge in [0.2, 0.25) is 5.91 Å². The van der Waals surface area contributed by atoms with Crippen LogP contribution in [-0.2, 0) is 17.8 Å². The predicted octanol–water partition coefficient (Wildman–Crippen LogP) is 0.171. The molecule has 1 atom stereocenters. The molecule has 0 saturated heterocycles. The topological polar surface area (TPSA) is 92.9 Å². The fourth-order valence-corrected chi connectivity index (χ4v) is 2.75. The molecule has 3 rings (SSSR count). The molecule has 0 aliphatic heterocycles. The molecule has 2 aromatic heterocycles. The van der Waals surface area contributed by atoms with Crippen molar-refractivity contribution in [2.24, 2.45) is 5.92 Å². The SMILES string of the molecule is O=C(Cn1ccnn1)N[C@@H](Cc1ccccn1)C1CC(O)C1. The van der Waals surface area contributed by atoms with Gasteiger partial charge in [0.05, 0.1) is 12.3 Å². The van der Waals surface area contributed by atoms with E-state index in [1.54, 1.807) is 18.6 Å². The standard InChI is InChI=1S/C15H19N5O2/c21-13-7-11(8-13)14(9-12-3-1-2-4-16-12)18-15(22)10-20-6-5-17-19-20/h1-6,11,13-14,21H,7-10H2,(H,18,22)/t11?,13?,14-/m0/s1. The summed E-state index contributed by atoms with van der Waals surface area (Å²) in [6, 6.07) is 5.74. The lowest BCUT2D eigenvalue weighted by Gasteiger charge is -2.38. The highest BCUT2D eigenvalue weighted by Gasteiger charge is 2.35. The maximum absolute atomic E-state index is 12.2. The van der Waals surface area contributed by atoms with Gasteiger partial charge >= 0.3 is 0 Å². The first kappa shape index (κ1) is 14.6. The number of aliphatic hydroxyl groups excluding tert-OH is 1. The Labute approximate surface area is 128 Å². The summed E-state index contributed by atoms with van der Waals surface area (Å²) in [4.78, 5) is 16.5. The van der Waals surface area contributed by atoms with E-state index in [1.165, 1.54) is 4.68 Å². The summed E-state index contributed by atoms with van der Waals surface area (Å²) in [5.74, 6) is 0.185. The third-order valence-electron chi connectivity index (χ3n) is 4.00. The van der Waals surface area contributed by atoms with E-state index in [1.807, 2.05) is 18.2 Å². The molecule has 2 heterocycles. The van der Waals surface area contributed by atoms with Crippen LogP contribution in [-0.4, -0.2) is 43.1 Å². The molecule has 7 nitrogen and oxygen atoms in total. The monoisotopic (exact) mass is 301 g/mol. The van der Waals surface area contributed by atoms with Crippen LogP contribution in [0, 0.1) is 5.92 Å². The van der Waals surface area contributed by atoms with Crippen LogP contribution in [0.2, 0.25) is 0 Å². The molecule has 7 heteroatoms. The van der Waals surface area contributed by atoms with Gasteiger partial charge in [-0.2, -0.15) is 0 Å². The van der Waals surface area contributed by atoms with E-state index in [0.717, 1.165) is 18.5 Å². The van der Waals surface area contributed by atoms with E-state index in [9.17, 15) is 9.90 Å². The molecule has 0 aromatic carbocycles. The Hall–Kier alpha value is -2.28. The average molecular weight is 301 g/mol. The zero-order valence-electron chi connectivity index (χ0n) is 12.2. The van der Waals surface area contributed by atoms with Crippen molar-refractivity contribution in [3.05, 3.63) is 42.5 Å². The zero-order valence-corrected chi connectivity index (χ0v) is 12.2. The van der Waals surface area contributed by atoms with Gasteiger partial charge in [-0.25, -0.2) is 4.68 Å². The van der Waals surface area contributed by atoms with E-state index in [-0.39, 0.29) is 30.5 Å². The van der Waals surface area contributed by atoms with Crippen LogP contribution in [0.5, 0.6) is 0 Å². The van der Waals surface area contributed by atoms with Crippen molar-refractivity contribution in [1.29, 1.82) is 0 Å². The Morgan fingerprint density at radius 3 is 2.91 bits per heavy atom. The molecule has 22 heavy (non-hydrogen) atoms. The van der Waals surface area contributed by atoms with Crippen molar-refractivity contribution >= 4 is 5.91 Å². The van der Waals surface area contributed by atoms with Gasteiger partial charge in [0, 0.05) is 30.6 Å². The Morgan fingerprint density at radius 1 is 1.41 bits per heavy atom. The van der Waals surface area contributed by atoms with Crippen LogP contribution in [0.4, 0.5) is 0 Å². The number of aliphatic hydroxyl groups is 1. The Kier molecular flexibility index (Phi) is 4.43. The molecular formula is C15H19N5O2. The highest BCUT2D eigenvalue weighted by Crippen LogP contribution is 2.31. The summed E-state index contributed by atoms with van der Waals surface area (Å²) in [5.41, 5.74) is 0.940. The Morgan fingerprint density at radius 2 is 2.27 bits per heavy atom. The Balaban J connectivity index is 1.62. The first-order valence-corrected chi connectivity index (χ1v) is 7.42. The summed E-state index contributed by atoms with van der Waals surface area (Å²) >= 11 is 0. The molecular weight excluding hydrogens is 282 g/mol. The first-order valence-electron chi connectivity index (χ1n) is 7.42. The average Bonchev–Trinajstić information content (AvgIpc) is 2.97. The smallest absolute Gasteiger partial charge is 0.242 e. The number of aromatic nitrogens is 4. The Bertz CT molecular complexity index is 596.